The lowest BCUT2D eigenvalue weighted by atomic mass is 10.1. The van der Waals surface area contributed by atoms with Crippen molar-refractivity contribution in [1.29, 1.82) is 0 Å². The first kappa shape index (κ1) is 21.5. The number of nitrogens with zero attached hydrogens (tertiary/aromatic N) is 2. The van der Waals surface area contributed by atoms with Gasteiger partial charge in [0.2, 0.25) is 0 Å². The van der Waals surface area contributed by atoms with Crippen LogP contribution < -0.4 is 10.1 Å². The number of aliphatic carboxylic acids is 1. The van der Waals surface area contributed by atoms with E-state index in [2.05, 4.69) is 5.32 Å². The second-order valence-corrected chi connectivity index (χ2v) is 6.76. The number of amides is 3. The molecule has 1 aromatic carbocycles. The minimum Gasteiger partial charge on any atom is -0.481 e. The van der Waals surface area contributed by atoms with E-state index in [0.717, 1.165) is 17.7 Å². The minimum atomic E-state index is -0.876. The Morgan fingerprint density at radius 3 is 2.43 bits per heavy atom. The third-order valence-electron chi connectivity index (χ3n) is 4.73. The number of hydrogen-bond acceptors (Lipinski definition) is 4. The maximum Gasteiger partial charge on any atom is 0.317 e. The number of urea groups is 1. The molecule has 1 fully saturated rings. The summed E-state index contributed by atoms with van der Waals surface area (Å²) in [5, 5.41) is 11.3. The summed E-state index contributed by atoms with van der Waals surface area (Å²) < 4.78 is 5.88. The minimum absolute atomic E-state index is 0.0294. The molecule has 1 heterocycles. The van der Waals surface area contributed by atoms with E-state index in [9.17, 15) is 14.4 Å². The van der Waals surface area contributed by atoms with Gasteiger partial charge < -0.3 is 25.0 Å². The number of nitrogens with one attached hydrogen (secondary N) is 1. The largest absolute Gasteiger partial charge is 0.481 e. The molecule has 1 aliphatic rings. The lowest BCUT2D eigenvalue weighted by molar-refractivity contribution is -0.139. The van der Waals surface area contributed by atoms with Crippen molar-refractivity contribution in [2.75, 3.05) is 32.7 Å². The van der Waals surface area contributed by atoms with E-state index in [4.69, 9.17) is 9.84 Å². The molecule has 0 radical (unpaired) electrons. The Kier molecular flexibility index (Phi) is 8.10. The number of aryl methyl sites for hydroxylation is 1. The third-order valence-corrected chi connectivity index (χ3v) is 4.73. The van der Waals surface area contributed by atoms with Crippen LogP contribution in [0.1, 0.15) is 32.3 Å². The highest BCUT2D eigenvalue weighted by Gasteiger charge is 2.28. The molecular weight excluding hydrogens is 362 g/mol. The molecule has 1 aromatic rings. The van der Waals surface area contributed by atoms with Gasteiger partial charge in [-0.2, -0.15) is 0 Å². The van der Waals surface area contributed by atoms with Crippen LogP contribution in [0.3, 0.4) is 0 Å². The number of carboxylic acids is 1. The number of piperazine rings is 1. The Bertz CT molecular complexity index is 686. The fourth-order valence-corrected chi connectivity index (χ4v) is 3.09. The number of rotatable bonds is 8. The molecule has 1 unspecified atom stereocenters. The number of ether oxygens (including phenoxy) is 1. The molecule has 154 valence electrons. The van der Waals surface area contributed by atoms with Crippen molar-refractivity contribution in [3.8, 4) is 5.75 Å². The van der Waals surface area contributed by atoms with Gasteiger partial charge in [0.25, 0.3) is 5.91 Å². The smallest absolute Gasteiger partial charge is 0.317 e. The summed E-state index contributed by atoms with van der Waals surface area (Å²) >= 11 is 0. The summed E-state index contributed by atoms with van der Waals surface area (Å²) in [7, 11) is 0. The Balaban J connectivity index is 1.78. The van der Waals surface area contributed by atoms with Crippen LogP contribution >= 0.6 is 0 Å². The molecule has 28 heavy (non-hydrogen) atoms. The first-order chi connectivity index (χ1) is 13.4. The van der Waals surface area contributed by atoms with E-state index in [-0.39, 0.29) is 18.4 Å². The van der Waals surface area contributed by atoms with E-state index in [0.29, 0.717) is 39.1 Å². The van der Waals surface area contributed by atoms with Gasteiger partial charge in [-0.05, 0) is 31.4 Å². The van der Waals surface area contributed by atoms with Crippen molar-refractivity contribution in [3.63, 3.8) is 0 Å². The van der Waals surface area contributed by atoms with Gasteiger partial charge in [-0.25, -0.2) is 4.79 Å². The molecular formula is C20H29N3O5. The van der Waals surface area contributed by atoms with E-state index < -0.39 is 12.1 Å². The highest BCUT2D eigenvalue weighted by molar-refractivity contribution is 5.81. The zero-order valence-electron chi connectivity index (χ0n) is 16.5. The molecule has 3 amide bonds. The molecule has 0 aliphatic carbocycles. The van der Waals surface area contributed by atoms with Crippen LogP contribution in [0.25, 0.3) is 0 Å². The number of benzene rings is 1. The van der Waals surface area contributed by atoms with E-state index in [1.165, 1.54) is 0 Å². The standard InChI is InChI=1S/C20H29N3O5/c1-3-16-7-4-5-8-17(16)28-15(2)19(26)22-11-13-23(14-12-22)20(27)21-10-6-9-18(24)25/h4-5,7-8,15H,3,6,9-14H2,1-2H3,(H,21,27)(H,24,25). The molecule has 8 nitrogen and oxygen atoms in total. The predicted octanol–water partition coefficient (Wildman–Crippen LogP) is 1.73. The highest BCUT2D eigenvalue weighted by atomic mass is 16.5. The quantitative estimate of drug-likeness (QED) is 0.658. The van der Waals surface area contributed by atoms with Gasteiger partial charge in [0.15, 0.2) is 6.10 Å². The number of para-hydroxylation sites is 1. The van der Waals surface area contributed by atoms with Gasteiger partial charge in [-0.3, -0.25) is 9.59 Å². The second-order valence-electron chi connectivity index (χ2n) is 6.76. The van der Waals surface area contributed by atoms with Crippen molar-refractivity contribution in [2.24, 2.45) is 0 Å². The second kappa shape index (κ2) is 10.5. The molecule has 0 aromatic heterocycles. The maximum atomic E-state index is 12.7. The Labute approximate surface area is 165 Å². The number of carbonyl (C=O) groups is 3. The van der Waals surface area contributed by atoms with Gasteiger partial charge in [0.05, 0.1) is 0 Å². The van der Waals surface area contributed by atoms with Crippen molar-refractivity contribution < 1.29 is 24.2 Å². The number of hydrogen-bond donors (Lipinski definition) is 2. The highest BCUT2D eigenvalue weighted by Crippen LogP contribution is 2.20. The Morgan fingerprint density at radius 1 is 1.14 bits per heavy atom. The monoisotopic (exact) mass is 391 g/mol. The molecule has 0 spiro atoms. The van der Waals surface area contributed by atoms with Crippen LogP contribution in [-0.4, -0.2) is 71.6 Å². The van der Waals surface area contributed by atoms with Crippen LogP contribution in [0.5, 0.6) is 5.75 Å². The fraction of sp³-hybridized carbons (Fsp3) is 0.550. The zero-order chi connectivity index (χ0) is 20.5. The van der Waals surface area contributed by atoms with Crippen LogP contribution in [-0.2, 0) is 16.0 Å². The van der Waals surface area contributed by atoms with Crippen LogP contribution in [0.15, 0.2) is 24.3 Å². The Hall–Kier alpha value is -2.77. The van der Waals surface area contributed by atoms with Crippen molar-refractivity contribution in [1.82, 2.24) is 15.1 Å². The van der Waals surface area contributed by atoms with Crippen molar-refractivity contribution in [3.05, 3.63) is 29.8 Å². The SMILES string of the molecule is CCc1ccccc1OC(C)C(=O)N1CCN(C(=O)NCCCC(=O)O)CC1. The number of carboxylic acid groups (broad SMARTS) is 1. The first-order valence-electron chi connectivity index (χ1n) is 9.70. The number of carbonyl (C=O) groups excluding carboxylic acids is 2. The summed E-state index contributed by atoms with van der Waals surface area (Å²) in [5.41, 5.74) is 1.06. The molecule has 2 N–H and O–H groups in total. The summed E-state index contributed by atoms with van der Waals surface area (Å²) in [6.07, 6.45) is 0.663. The van der Waals surface area contributed by atoms with Crippen LogP contribution in [0, 0.1) is 0 Å². The average molecular weight is 391 g/mol. The van der Waals surface area contributed by atoms with Crippen LogP contribution in [0.4, 0.5) is 4.79 Å². The predicted molar refractivity (Wildman–Crippen MR) is 104 cm³/mol. The molecule has 8 heteroatoms. The molecule has 0 saturated carbocycles. The molecule has 1 atom stereocenters. The summed E-state index contributed by atoms with van der Waals surface area (Å²) in [6.45, 7) is 5.89. The average Bonchev–Trinajstić information content (AvgIpc) is 2.70. The molecule has 2 rings (SSSR count). The van der Waals surface area contributed by atoms with E-state index in [1.54, 1.807) is 16.7 Å². The lowest BCUT2D eigenvalue weighted by Crippen LogP contribution is -2.55. The van der Waals surface area contributed by atoms with Crippen LogP contribution in [0.2, 0.25) is 0 Å². The lowest BCUT2D eigenvalue weighted by Gasteiger charge is -2.35. The van der Waals surface area contributed by atoms with Gasteiger partial charge in [-0.1, -0.05) is 25.1 Å². The Morgan fingerprint density at radius 2 is 1.79 bits per heavy atom. The van der Waals surface area contributed by atoms with E-state index >= 15 is 0 Å². The molecule has 0 bridgehead atoms. The fourth-order valence-electron chi connectivity index (χ4n) is 3.09. The van der Waals surface area contributed by atoms with Gasteiger partial charge in [-0.15, -0.1) is 0 Å². The van der Waals surface area contributed by atoms with Gasteiger partial charge in [0.1, 0.15) is 5.75 Å². The van der Waals surface area contributed by atoms with Crippen molar-refractivity contribution >= 4 is 17.9 Å². The van der Waals surface area contributed by atoms with E-state index in [1.807, 2.05) is 31.2 Å². The maximum absolute atomic E-state index is 12.7. The summed E-state index contributed by atoms with van der Waals surface area (Å²) in [4.78, 5) is 38.6. The topological polar surface area (TPSA) is 99.2 Å². The molecule has 1 aliphatic heterocycles. The summed E-state index contributed by atoms with van der Waals surface area (Å²) in [5.74, 6) is -0.239. The van der Waals surface area contributed by atoms with Crippen molar-refractivity contribution in [2.45, 2.75) is 39.2 Å². The third kappa shape index (κ3) is 6.14. The summed E-state index contributed by atoms with van der Waals surface area (Å²) in [6, 6.07) is 7.47. The molecule has 1 saturated heterocycles. The first-order valence-corrected chi connectivity index (χ1v) is 9.70. The van der Waals surface area contributed by atoms with Gasteiger partial charge in [0, 0.05) is 39.1 Å². The zero-order valence-corrected chi connectivity index (χ0v) is 16.5. The normalized spacial score (nSPS) is 15.1. The van der Waals surface area contributed by atoms with Gasteiger partial charge >= 0.3 is 12.0 Å².